The molecular weight excluding hydrogens is 218 g/mol. The number of hydrogen-bond acceptors (Lipinski definition) is 2. The number of rotatable bonds is 5. The molecule has 94 valence electrons. The number of carbonyl (C=O) groups excluding carboxylic acids is 1. The molecule has 0 heterocycles. The van der Waals surface area contributed by atoms with Gasteiger partial charge in [-0.2, -0.15) is 0 Å². The zero-order chi connectivity index (χ0) is 12.4. The second-order valence-corrected chi connectivity index (χ2v) is 5.07. The number of aliphatic carboxylic acids is 1. The van der Waals surface area contributed by atoms with Crippen LogP contribution in [0.15, 0.2) is 12.2 Å². The van der Waals surface area contributed by atoms with E-state index < -0.39 is 12.0 Å². The lowest BCUT2D eigenvalue weighted by Gasteiger charge is -2.20. The van der Waals surface area contributed by atoms with Crippen LogP contribution in [0.25, 0.3) is 0 Å². The van der Waals surface area contributed by atoms with Crippen molar-refractivity contribution in [3.8, 4) is 0 Å². The van der Waals surface area contributed by atoms with E-state index in [4.69, 9.17) is 5.11 Å². The summed E-state index contributed by atoms with van der Waals surface area (Å²) in [6, 6.07) is -0.726. The molecule has 1 amide bonds. The highest BCUT2D eigenvalue weighted by Crippen LogP contribution is 2.43. The Morgan fingerprint density at radius 2 is 2.18 bits per heavy atom. The fourth-order valence-electron chi connectivity index (χ4n) is 2.91. The second-order valence-electron chi connectivity index (χ2n) is 5.07. The number of amides is 1. The van der Waals surface area contributed by atoms with Gasteiger partial charge >= 0.3 is 5.97 Å². The number of hydrogen-bond donors (Lipinski definition) is 2. The highest BCUT2D eigenvalue weighted by atomic mass is 16.4. The zero-order valence-electron chi connectivity index (χ0n) is 10.1. The highest BCUT2D eigenvalue weighted by Gasteiger charge is 2.40. The molecule has 0 aromatic heterocycles. The Kier molecular flexibility index (Phi) is 3.50. The second kappa shape index (κ2) is 4.90. The minimum Gasteiger partial charge on any atom is -0.480 e. The van der Waals surface area contributed by atoms with Crippen LogP contribution in [-0.2, 0) is 9.59 Å². The molecule has 0 aromatic carbocycles. The standard InChI is InChI=1S/C13H19NO3/c1-2-3-11(13(16)17)14-12(15)10-7-8-4-5-9(10)6-8/h4-5,8-11H,2-3,6-7H2,1H3,(H,14,15)(H,16,17). The minimum absolute atomic E-state index is 0.0105. The summed E-state index contributed by atoms with van der Waals surface area (Å²) in [5.41, 5.74) is 0. The summed E-state index contributed by atoms with van der Waals surface area (Å²) in [6.07, 6.45) is 7.48. The van der Waals surface area contributed by atoms with Gasteiger partial charge in [-0.15, -0.1) is 0 Å². The summed E-state index contributed by atoms with van der Waals surface area (Å²) in [4.78, 5) is 23.0. The van der Waals surface area contributed by atoms with Gasteiger partial charge in [0.2, 0.25) is 5.91 Å². The topological polar surface area (TPSA) is 66.4 Å². The molecule has 0 aliphatic heterocycles. The van der Waals surface area contributed by atoms with Crippen LogP contribution < -0.4 is 5.32 Å². The molecule has 2 aliphatic rings. The normalized spacial score (nSPS) is 31.5. The predicted molar refractivity (Wildman–Crippen MR) is 63.3 cm³/mol. The van der Waals surface area contributed by atoms with E-state index >= 15 is 0 Å². The zero-order valence-corrected chi connectivity index (χ0v) is 10.1. The summed E-state index contributed by atoms with van der Waals surface area (Å²) >= 11 is 0. The molecule has 0 saturated heterocycles. The molecule has 4 unspecified atom stereocenters. The lowest BCUT2D eigenvalue weighted by Crippen LogP contribution is -2.44. The fraction of sp³-hybridized carbons (Fsp3) is 0.692. The molecule has 0 spiro atoms. The number of allylic oxidation sites excluding steroid dienone is 2. The third-order valence-corrected chi connectivity index (χ3v) is 3.81. The van der Waals surface area contributed by atoms with Gasteiger partial charge < -0.3 is 10.4 Å². The number of nitrogens with one attached hydrogen (secondary N) is 1. The van der Waals surface area contributed by atoms with Gasteiger partial charge in [0.15, 0.2) is 0 Å². The molecule has 2 aliphatic carbocycles. The SMILES string of the molecule is CCCC(NC(=O)C1CC2C=CC1C2)C(=O)O. The van der Waals surface area contributed by atoms with Crippen molar-refractivity contribution in [1.29, 1.82) is 0 Å². The molecular formula is C13H19NO3. The van der Waals surface area contributed by atoms with Gasteiger partial charge in [-0.05, 0) is 31.1 Å². The van der Waals surface area contributed by atoms with Gasteiger partial charge in [-0.1, -0.05) is 25.5 Å². The van der Waals surface area contributed by atoms with Crippen molar-refractivity contribution in [1.82, 2.24) is 5.32 Å². The van der Waals surface area contributed by atoms with Crippen LogP contribution in [0.1, 0.15) is 32.6 Å². The highest BCUT2D eigenvalue weighted by molar-refractivity contribution is 5.85. The molecule has 0 aromatic rings. The molecule has 4 nitrogen and oxygen atoms in total. The number of carboxylic acids is 1. The summed E-state index contributed by atoms with van der Waals surface area (Å²) < 4.78 is 0. The van der Waals surface area contributed by atoms with Gasteiger partial charge in [0.05, 0.1) is 0 Å². The summed E-state index contributed by atoms with van der Waals surface area (Å²) in [5.74, 6) is -0.161. The molecule has 4 heteroatoms. The van der Waals surface area contributed by atoms with E-state index in [-0.39, 0.29) is 11.8 Å². The molecule has 4 atom stereocenters. The van der Waals surface area contributed by atoms with E-state index in [1.165, 1.54) is 0 Å². The van der Waals surface area contributed by atoms with Crippen LogP contribution >= 0.6 is 0 Å². The fourth-order valence-corrected chi connectivity index (χ4v) is 2.91. The van der Waals surface area contributed by atoms with Gasteiger partial charge in [0.25, 0.3) is 0 Å². The van der Waals surface area contributed by atoms with Crippen LogP contribution in [0.5, 0.6) is 0 Å². The Bertz CT molecular complexity index is 351. The van der Waals surface area contributed by atoms with Crippen LogP contribution in [0.3, 0.4) is 0 Å². The van der Waals surface area contributed by atoms with E-state index in [1.54, 1.807) is 0 Å². The Morgan fingerprint density at radius 3 is 2.65 bits per heavy atom. The summed E-state index contributed by atoms with van der Waals surface area (Å²) in [7, 11) is 0. The van der Waals surface area contributed by atoms with E-state index in [9.17, 15) is 9.59 Å². The average molecular weight is 237 g/mol. The third kappa shape index (κ3) is 2.51. The Balaban J connectivity index is 1.92. The lowest BCUT2D eigenvalue weighted by atomic mass is 9.92. The van der Waals surface area contributed by atoms with Crippen molar-refractivity contribution in [3.05, 3.63) is 12.2 Å². The summed E-state index contributed by atoms with van der Waals surface area (Å²) in [5, 5.41) is 11.7. The van der Waals surface area contributed by atoms with Crippen LogP contribution in [-0.4, -0.2) is 23.0 Å². The number of fused-ring (bicyclic) bond motifs is 2. The smallest absolute Gasteiger partial charge is 0.326 e. The van der Waals surface area contributed by atoms with E-state index in [0.29, 0.717) is 18.3 Å². The maximum Gasteiger partial charge on any atom is 0.326 e. The van der Waals surface area contributed by atoms with E-state index in [1.807, 2.05) is 6.92 Å². The monoisotopic (exact) mass is 237 g/mol. The molecule has 17 heavy (non-hydrogen) atoms. The van der Waals surface area contributed by atoms with Crippen molar-refractivity contribution < 1.29 is 14.7 Å². The largest absolute Gasteiger partial charge is 0.480 e. The van der Waals surface area contributed by atoms with Crippen molar-refractivity contribution in [2.45, 2.75) is 38.6 Å². The number of carbonyl (C=O) groups is 2. The maximum atomic E-state index is 12.0. The Hall–Kier alpha value is -1.32. The van der Waals surface area contributed by atoms with Crippen molar-refractivity contribution in [2.24, 2.45) is 17.8 Å². The molecule has 2 bridgehead atoms. The van der Waals surface area contributed by atoms with Gasteiger partial charge in [0, 0.05) is 5.92 Å². The average Bonchev–Trinajstić information content (AvgIpc) is 2.89. The first-order valence-electron chi connectivity index (χ1n) is 6.33. The third-order valence-electron chi connectivity index (χ3n) is 3.81. The van der Waals surface area contributed by atoms with E-state index in [0.717, 1.165) is 19.3 Å². The quantitative estimate of drug-likeness (QED) is 0.713. The van der Waals surface area contributed by atoms with Gasteiger partial charge in [-0.3, -0.25) is 4.79 Å². The van der Waals surface area contributed by atoms with Crippen molar-refractivity contribution >= 4 is 11.9 Å². The van der Waals surface area contributed by atoms with E-state index in [2.05, 4.69) is 17.5 Å². The first kappa shape index (κ1) is 12.1. The Labute approximate surface area is 101 Å². The first-order chi connectivity index (χ1) is 8.11. The molecule has 2 N–H and O–H groups in total. The Morgan fingerprint density at radius 1 is 1.41 bits per heavy atom. The lowest BCUT2D eigenvalue weighted by molar-refractivity contribution is -0.142. The molecule has 0 radical (unpaired) electrons. The number of carboxylic acid groups (broad SMARTS) is 1. The molecule has 2 rings (SSSR count). The van der Waals surface area contributed by atoms with Gasteiger partial charge in [-0.25, -0.2) is 4.79 Å². The maximum absolute atomic E-state index is 12.0. The van der Waals surface area contributed by atoms with Crippen LogP contribution in [0.2, 0.25) is 0 Å². The van der Waals surface area contributed by atoms with Crippen molar-refractivity contribution in [2.75, 3.05) is 0 Å². The van der Waals surface area contributed by atoms with Gasteiger partial charge in [0.1, 0.15) is 6.04 Å². The predicted octanol–water partition coefficient (Wildman–Crippen LogP) is 1.57. The molecule has 1 fully saturated rings. The van der Waals surface area contributed by atoms with Crippen LogP contribution in [0, 0.1) is 17.8 Å². The summed E-state index contributed by atoms with van der Waals surface area (Å²) in [6.45, 7) is 1.92. The van der Waals surface area contributed by atoms with Crippen LogP contribution in [0.4, 0.5) is 0 Å². The first-order valence-corrected chi connectivity index (χ1v) is 6.33. The minimum atomic E-state index is -0.932. The van der Waals surface area contributed by atoms with Crippen molar-refractivity contribution in [3.63, 3.8) is 0 Å². The molecule has 1 saturated carbocycles.